The van der Waals surface area contributed by atoms with Gasteiger partial charge >= 0.3 is 0 Å². The highest BCUT2D eigenvalue weighted by Gasteiger charge is 2.15. The number of thioether (sulfide) groups is 1. The van der Waals surface area contributed by atoms with Crippen LogP contribution in [0.5, 0.6) is 0 Å². The van der Waals surface area contributed by atoms with Crippen LogP contribution in [0.3, 0.4) is 0 Å². The van der Waals surface area contributed by atoms with Crippen LogP contribution in [0.4, 0.5) is 10.2 Å². The molecule has 0 fully saturated rings. The number of hydrogen-bond acceptors (Lipinski definition) is 5. The van der Waals surface area contributed by atoms with Crippen LogP contribution in [-0.2, 0) is 11.3 Å². The minimum Gasteiger partial charge on any atom is -0.310 e. The van der Waals surface area contributed by atoms with Crippen molar-refractivity contribution in [3.63, 3.8) is 0 Å². The molecule has 0 bridgehead atoms. The molecule has 2 aromatic heterocycles. The molecule has 0 aliphatic rings. The molecule has 0 saturated heterocycles. The lowest BCUT2D eigenvalue weighted by molar-refractivity contribution is -0.113. The van der Waals surface area contributed by atoms with Crippen molar-refractivity contribution in [1.29, 1.82) is 0 Å². The first-order valence-electron chi connectivity index (χ1n) is 9.68. The first-order valence-corrected chi connectivity index (χ1v) is 10.7. The van der Waals surface area contributed by atoms with Crippen LogP contribution < -0.4 is 5.32 Å². The van der Waals surface area contributed by atoms with Gasteiger partial charge in [-0.25, -0.2) is 9.07 Å². The van der Waals surface area contributed by atoms with Gasteiger partial charge in [0.25, 0.3) is 0 Å². The zero-order valence-corrected chi connectivity index (χ0v) is 17.9. The fraction of sp³-hybridized carbons (Fsp3) is 0.182. The summed E-state index contributed by atoms with van der Waals surface area (Å²) < 4.78 is 16.8. The maximum atomic E-state index is 13.2. The van der Waals surface area contributed by atoms with Gasteiger partial charge in [0.05, 0.1) is 23.7 Å². The average Bonchev–Trinajstić information content (AvgIpc) is 3.30. The molecule has 31 heavy (non-hydrogen) atoms. The van der Waals surface area contributed by atoms with Crippen LogP contribution in [0.1, 0.15) is 17.1 Å². The highest BCUT2D eigenvalue weighted by atomic mass is 32.2. The van der Waals surface area contributed by atoms with Gasteiger partial charge in [0.1, 0.15) is 17.5 Å². The summed E-state index contributed by atoms with van der Waals surface area (Å²) in [7, 11) is 0. The second-order valence-corrected chi connectivity index (χ2v) is 7.94. The van der Waals surface area contributed by atoms with Gasteiger partial charge in [-0.3, -0.25) is 4.79 Å². The van der Waals surface area contributed by atoms with E-state index in [4.69, 9.17) is 0 Å². The quantitative estimate of drug-likeness (QED) is 0.443. The molecule has 2 aromatic carbocycles. The van der Waals surface area contributed by atoms with Crippen molar-refractivity contribution in [3.8, 4) is 5.69 Å². The van der Waals surface area contributed by atoms with Crippen molar-refractivity contribution in [1.82, 2.24) is 24.5 Å². The number of nitrogens with zero attached hydrogens (tertiary/aromatic N) is 5. The van der Waals surface area contributed by atoms with E-state index in [1.165, 1.54) is 23.9 Å². The van der Waals surface area contributed by atoms with Crippen LogP contribution in [0, 0.1) is 19.7 Å². The van der Waals surface area contributed by atoms with Crippen molar-refractivity contribution in [2.24, 2.45) is 0 Å². The minimum atomic E-state index is -0.329. The summed E-state index contributed by atoms with van der Waals surface area (Å²) in [4.78, 5) is 12.6. The second-order valence-electron chi connectivity index (χ2n) is 7.00. The summed E-state index contributed by atoms with van der Waals surface area (Å²) in [6.07, 6.45) is 0. The summed E-state index contributed by atoms with van der Waals surface area (Å²) in [5, 5.41) is 16.3. The van der Waals surface area contributed by atoms with Gasteiger partial charge in [0.15, 0.2) is 5.16 Å². The van der Waals surface area contributed by atoms with Crippen LogP contribution >= 0.6 is 11.8 Å². The Kier molecular flexibility index (Phi) is 6.13. The van der Waals surface area contributed by atoms with Gasteiger partial charge in [-0.05, 0) is 43.7 Å². The molecular formula is C22H21FN6OS. The SMILES string of the molecule is Cc1cc(NC(=O)CSc2nnc(C)n2Cc2ccccc2)n(-c2ccc(F)cc2)n1. The number of aryl methyl sites for hydroxylation is 2. The fourth-order valence-electron chi connectivity index (χ4n) is 3.09. The molecule has 0 aliphatic carbocycles. The number of carbonyl (C=O) groups excluding carboxylic acids is 1. The number of anilines is 1. The highest BCUT2D eigenvalue weighted by Crippen LogP contribution is 2.21. The first kappa shape index (κ1) is 20.8. The largest absolute Gasteiger partial charge is 0.310 e. The molecule has 0 unspecified atom stereocenters. The Morgan fingerprint density at radius 3 is 2.55 bits per heavy atom. The molecule has 158 valence electrons. The zero-order valence-electron chi connectivity index (χ0n) is 17.1. The molecule has 1 N–H and O–H groups in total. The topological polar surface area (TPSA) is 77.6 Å². The Balaban J connectivity index is 1.44. The number of hydrogen-bond donors (Lipinski definition) is 1. The van der Waals surface area contributed by atoms with E-state index in [-0.39, 0.29) is 17.5 Å². The first-order chi connectivity index (χ1) is 15.0. The van der Waals surface area contributed by atoms with E-state index >= 15 is 0 Å². The van der Waals surface area contributed by atoms with E-state index in [1.54, 1.807) is 22.9 Å². The van der Waals surface area contributed by atoms with E-state index in [0.29, 0.717) is 23.2 Å². The highest BCUT2D eigenvalue weighted by molar-refractivity contribution is 7.99. The molecule has 1 amide bonds. The monoisotopic (exact) mass is 436 g/mol. The normalized spacial score (nSPS) is 10.9. The number of carbonyl (C=O) groups is 1. The minimum absolute atomic E-state index is 0.167. The maximum absolute atomic E-state index is 13.2. The molecule has 0 spiro atoms. The molecule has 9 heteroatoms. The number of nitrogens with one attached hydrogen (secondary N) is 1. The molecule has 0 radical (unpaired) electrons. The average molecular weight is 437 g/mol. The van der Waals surface area contributed by atoms with Crippen LogP contribution in [0.25, 0.3) is 5.69 Å². The third-order valence-electron chi connectivity index (χ3n) is 4.59. The van der Waals surface area contributed by atoms with E-state index < -0.39 is 0 Å². The summed E-state index contributed by atoms with van der Waals surface area (Å²) in [6, 6.07) is 17.7. The Bertz CT molecular complexity index is 1190. The van der Waals surface area contributed by atoms with Crippen LogP contribution in [-0.4, -0.2) is 36.2 Å². The van der Waals surface area contributed by atoms with Crippen molar-refractivity contribution >= 4 is 23.5 Å². The molecule has 2 heterocycles. The standard InChI is InChI=1S/C22H21FN6OS/c1-15-12-20(29(27-15)19-10-8-18(23)9-11-19)24-21(30)14-31-22-26-25-16(2)28(22)13-17-6-4-3-5-7-17/h3-12H,13-14H2,1-2H3,(H,24,30). The van der Waals surface area contributed by atoms with E-state index in [1.807, 2.05) is 48.7 Å². The van der Waals surface area contributed by atoms with E-state index in [0.717, 1.165) is 17.1 Å². The van der Waals surface area contributed by atoms with Gasteiger partial charge in [-0.15, -0.1) is 10.2 Å². The summed E-state index contributed by atoms with van der Waals surface area (Å²) in [6.45, 7) is 4.36. The van der Waals surface area contributed by atoms with Crippen LogP contribution in [0.15, 0.2) is 65.8 Å². The van der Waals surface area contributed by atoms with E-state index in [2.05, 4.69) is 20.6 Å². The van der Waals surface area contributed by atoms with E-state index in [9.17, 15) is 9.18 Å². The van der Waals surface area contributed by atoms with Gasteiger partial charge in [0.2, 0.25) is 5.91 Å². The maximum Gasteiger partial charge on any atom is 0.236 e. The molecule has 0 aliphatic heterocycles. The number of amides is 1. The van der Waals surface area contributed by atoms with Crippen LogP contribution in [0.2, 0.25) is 0 Å². The van der Waals surface area contributed by atoms with Gasteiger partial charge in [0, 0.05) is 6.07 Å². The lowest BCUT2D eigenvalue weighted by atomic mass is 10.2. The fourth-order valence-corrected chi connectivity index (χ4v) is 3.88. The lowest BCUT2D eigenvalue weighted by Crippen LogP contribution is -2.17. The summed E-state index contributed by atoms with van der Waals surface area (Å²) in [5.41, 5.74) is 2.54. The number of rotatable bonds is 7. The van der Waals surface area contributed by atoms with Crippen molar-refractivity contribution in [2.45, 2.75) is 25.5 Å². The number of benzene rings is 2. The molecule has 7 nitrogen and oxygen atoms in total. The molecule has 4 aromatic rings. The third-order valence-corrected chi connectivity index (χ3v) is 5.55. The smallest absolute Gasteiger partial charge is 0.236 e. The molecular weight excluding hydrogens is 415 g/mol. The molecule has 0 atom stereocenters. The Labute approximate surface area is 183 Å². The third kappa shape index (κ3) is 5.00. The summed E-state index contributed by atoms with van der Waals surface area (Å²) >= 11 is 1.32. The Morgan fingerprint density at radius 2 is 1.81 bits per heavy atom. The van der Waals surface area contributed by atoms with Gasteiger partial charge < -0.3 is 9.88 Å². The molecule has 0 saturated carbocycles. The van der Waals surface area contributed by atoms with Crippen molar-refractivity contribution in [2.75, 3.05) is 11.1 Å². The predicted octanol–water partition coefficient (Wildman–Crippen LogP) is 4.00. The number of aromatic nitrogens is 5. The van der Waals surface area contributed by atoms with Gasteiger partial charge in [-0.2, -0.15) is 5.10 Å². The lowest BCUT2D eigenvalue weighted by Gasteiger charge is -2.10. The Hall–Kier alpha value is -3.46. The molecule has 4 rings (SSSR count). The summed E-state index contributed by atoms with van der Waals surface area (Å²) in [5.74, 6) is 0.957. The number of halogens is 1. The van der Waals surface area contributed by atoms with Gasteiger partial charge in [-0.1, -0.05) is 42.1 Å². The van der Waals surface area contributed by atoms with Crippen molar-refractivity contribution in [3.05, 3.63) is 83.6 Å². The predicted molar refractivity (Wildman–Crippen MR) is 118 cm³/mol. The zero-order chi connectivity index (χ0) is 21.8. The Morgan fingerprint density at radius 1 is 1.06 bits per heavy atom. The van der Waals surface area contributed by atoms with Crippen molar-refractivity contribution < 1.29 is 9.18 Å². The second kappa shape index (κ2) is 9.13.